The zero-order valence-electron chi connectivity index (χ0n) is 13.0. The Kier molecular flexibility index (Phi) is 5.95. The van der Waals surface area contributed by atoms with Crippen LogP contribution in [0.3, 0.4) is 0 Å². The molecule has 1 amide bonds. The molecule has 1 aliphatic rings. The summed E-state index contributed by atoms with van der Waals surface area (Å²) < 4.78 is 43.4. The van der Waals surface area contributed by atoms with Crippen LogP contribution in [0.25, 0.3) is 0 Å². The van der Waals surface area contributed by atoms with E-state index in [1.807, 2.05) is 0 Å². The van der Waals surface area contributed by atoms with Gasteiger partial charge in [-0.05, 0) is 31.0 Å². The third kappa shape index (κ3) is 5.18. The standard InChI is InChI=1S/C15H21FN2O4S/c1-23(20,21)18(14-4-2-3-13(16)11-14)8-7-17-15(19)12-5-9-22-10-6-12/h2-4,11-12H,5-10H2,1H3,(H,17,19). The van der Waals surface area contributed by atoms with E-state index in [4.69, 9.17) is 4.74 Å². The second kappa shape index (κ2) is 7.74. The van der Waals surface area contributed by atoms with Gasteiger partial charge in [0.1, 0.15) is 5.82 Å². The van der Waals surface area contributed by atoms with Gasteiger partial charge in [0.15, 0.2) is 0 Å². The molecule has 0 spiro atoms. The summed E-state index contributed by atoms with van der Waals surface area (Å²) >= 11 is 0. The minimum Gasteiger partial charge on any atom is -0.381 e. The summed E-state index contributed by atoms with van der Waals surface area (Å²) in [6, 6.07) is 5.37. The largest absolute Gasteiger partial charge is 0.381 e. The zero-order chi connectivity index (χ0) is 16.9. The lowest BCUT2D eigenvalue weighted by molar-refractivity contribution is -0.127. The number of nitrogens with zero attached hydrogens (tertiary/aromatic N) is 1. The summed E-state index contributed by atoms with van der Waals surface area (Å²) in [6.45, 7) is 1.35. The lowest BCUT2D eigenvalue weighted by atomic mass is 9.99. The van der Waals surface area contributed by atoms with Crippen molar-refractivity contribution in [3.63, 3.8) is 0 Å². The van der Waals surface area contributed by atoms with Gasteiger partial charge in [-0.3, -0.25) is 9.10 Å². The Labute approximate surface area is 135 Å². The third-order valence-electron chi connectivity index (χ3n) is 3.70. The Morgan fingerprint density at radius 2 is 2.09 bits per heavy atom. The number of anilines is 1. The second-order valence-electron chi connectivity index (χ2n) is 5.49. The summed E-state index contributed by atoms with van der Waals surface area (Å²) in [4.78, 5) is 12.0. The van der Waals surface area contributed by atoms with E-state index in [9.17, 15) is 17.6 Å². The molecule has 6 nitrogen and oxygen atoms in total. The van der Waals surface area contributed by atoms with Crippen molar-refractivity contribution in [3.8, 4) is 0 Å². The van der Waals surface area contributed by atoms with Crippen molar-refractivity contribution < 1.29 is 22.3 Å². The van der Waals surface area contributed by atoms with Gasteiger partial charge in [0, 0.05) is 25.7 Å². The number of carbonyl (C=O) groups excluding carboxylic acids is 1. The fourth-order valence-corrected chi connectivity index (χ4v) is 3.42. The van der Waals surface area contributed by atoms with Crippen LogP contribution in [-0.4, -0.2) is 46.9 Å². The molecule has 1 fully saturated rings. The van der Waals surface area contributed by atoms with Crippen LogP contribution in [0.4, 0.5) is 10.1 Å². The number of nitrogens with one attached hydrogen (secondary N) is 1. The molecule has 1 N–H and O–H groups in total. The average Bonchev–Trinajstić information content (AvgIpc) is 2.51. The first-order chi connectivity index (χ1) is 10.9. The number of carbonyl (C=O) groups is 1. The average molecular weight is 344 g/mol. The van der Waals surface area contributed by atoms with E-state index in [1.54, 1.807) is 0 Å². The Balaban J connectivity index is 1.95. The number of halogens is 1. The van der Waals surface area contributed by atoms with Crippen LogP contribution < -0.4 is 9.62 Å². The fourth-order valence-electron chi connectivity index (χ4n) is 2.50. The van der Waals surface area contributed by atoms with E-state index in [2.05, 4.69) is 5.32 Å². The molecule has 1 aromatic rings. The number of ether oxygens (including phenoxy) is 1. The predicted octanol–water partition coefficient (Wildman–Crippen LogP) is 1.13. The zero-order valence-corrected chi connectivity index (χ0v) is 13.8. The lowest BCUT2D eigenvalue weighted by Crippen LogP contribution is -2.41. The van der Waals surface area contributed by atoms with Crippen molar-refractivity contribution in [2.45, 2.75) is 12.8 Å². The summed E-state index contributed by atoms with van der Waals surface area (Å²) in [6.07, 6.45) is 2.40. The number of benzene rings is 1. The second-order valence-corrected chi connectivity index (χ2v) is 7.40. The number of sulfonamides is 1. The van der Waals surface area contributed by atoms with Crippen LogP contribution in [0.15, 0.2) is 24.3 Å². The summed E-state index contributed by atoms with van der Waals surface area (Å²) in [7, 11) is -3.56. The Hall–Kier alpha value is -1.67. The van der Waals surface area contributed by atoms with Crippen LogP contribution in [-0.2, 0) is 19.6 Å². The molecule has 23 heavy (non-hydrogen) atoms. The highest BCUT2D eigenvalue weighted by Gasteiger charge is 2.22. The molecular weight excluding hydrogens is 323 g/mol. The molecule has 1 aliphatic heterocycles. The molecule has 0 aromatic heterocycles. The normalized spacial score (nSPS) is 16.1. The van der Waals surface area contributed by atoms with Crippen LogP contribution in [0.1, 0.15) is 12.8 Å². The molecule has 8 heteroatoms. The van der Waals surface area contributed by atoms with E-state index in [-0.39, 0.29) is 30.6 Å². The molecule has 0 radical (unpaired) electrons. The molecule has 0 unspecified atom stereocenters. The molecule has 1 saturated heterocycles. The smallest absolute Gasteiger partial charge is 0.232 e. The van der Waals surface area contributed by atoms with Crippen molar-refractivity contribution in [1.82, 2.24) is 5.32 Å². The summed E-state index contributed by atoms with van der Waals surface area (Å²) in [5.74, 6) is -0.701. The van der Waals surface area contributed by atoms with E-state index in [0.29, 0.717) is 26.1 Å². The topological polar surface area (TPSA) is 75.7 Å². The number of hydrogen-bond donors (Lipinski definition) is 1. The Morgan fingerprint density at radius 1 is 1.39 bits per heavy atom. The quantitative estimate of drug-likeness (QED) is 0.839. The number of rotatable bonds is 6. The van der Waals surface area contributed by atoms with E-state index in [1.165, 1.54) is 18.2 Å². The van der Waals surface area contributed by atoms with Gasteiger partial charge in [-0.1, -0.05) is 6.07 Å². The highest BCUT2D eigenvalue weighted by Crippen LogP contribution is 2.18. The van der Waals surface area contributed by atoms with Crippen molar-refractivity contribution in [2.24, 2.45) is 5.92 Å². The molecule has 128 valence electrons. The van der Waals surface area contributed by atoms with Gasteiger partial charge in [0.2, 0.25) is 15.9 Å². The minimum atomic E-state index is -3.56. The summed E-state index contributed by atoms with van der Waals surface area (Å²) in [5, 5.41) is 2.74. The maximum atomic E-state index is 13.3. The lowest BCUT2D eigenvalue weighted by Gasteiger charge is -2.24. The first-order valence-corrected chi connectivity index (χ1v) is 9.31. The van der Waals surface area contributed by atoms with Crippen molar-refractivity contribution >= 4 is 21.6 Å². The number of amides is 1. The monoisotopic (exact) mass is 344 g/mol. The maximum Gasteiger partial charge on any atom is 0.232 e. The highest BCUT2D eigenvalue weighted by molar-refractivity contribution is 7.92. The fraction of sp³-hybridized carbons (Fsp3) is 0.533. The van der Waals surface area contributed by atoms with Gasteiger partial charge in [-0.25, -0.2) is 12.8 Å². The van der Waals surface area contributed by atoms with Gasteiger partial charge < -0.3 is 10.1 Å². The van der Waals surface area contributed by atoms with Crippen molar-refractivity contribution in [3.05, 3.63) is 30.1 Å². The molecule has 0 atom stereocenters. The van der Waals surface area contributed by atoms with Crippen molar-refractivity contribution in [1.29, 1.82) is 0 Å². The molecule has 0 aliphatic carbocycles. The van der Waals surface area contributed by atoms with Crippen LogP contribution in [0.2, 0.25) is 0 Å². The van der Waals surface area contributed by atoms with Crippen LogP contribution in [0.5, 0.6) is 0 Å². The molecule has 1 aromatic carbocycles. The van der Waals surface area contributed by atoms with Gasteiger partial charge in [-0.15, -0.1) is 0 Å². The van der Waals surface area contributed by atoms with E-state index >= 15 is 0 Å². The van der Waals surface area contributed by atoms with Gasteiger partial charge >= 0.3 is 0 Å². The molecule has 2 rings (SSSR count). The molecule has 1 heterocycles. The number of hydrogen-bond acceptors (Lipinski definition) is 4. The predicted molar refractivity (Wildman–Crippen MR) is 85.1 cm³/mol. The maximum absolute atomic E-state index is 13.3. The van der Waals surface area contributed by atoms with Gasteiger partial charge in [-0.2, -0.15) is 0 Å². The molecule has 0 saturated carbocycles. The Bertz CT molecular complexity index is 645. The first kappa shape index (κ1) is 17.7. The van der Waals surface area contributed by atoms with Crippen LogP contribution >= 0.6 is 0 Å². The molecule has 0 bridgehead atoms. The van der Waals surface area contributed by atoms with Crippen LogP contribution in [0, 0.1) is 11.7 Å². The minimum absolute atomic E-state index is 0.0528. The highest BCUT2D eigenvalue weighted by atomic mass is 32.2. The Morgan fingerprint density at radius 3 is 2.70 bits per heavy atom. The SMILES string of the molecule is CS(=O)(=O)N(CCNC(=O)C1CCOCC1)c1cccc(F)c1. The van der Waals surface area contributed by atoms with Crippen molar-refractivity contribution in [2.75, 3.05) is 36.9 Å². The van der Waals surface area contributed by atoms with E-state index in [0.717, 1.165) is 16.6 Å². The van der Waals surface area contributed by atoms with Gasteiger partial charge in [0.05, 0.1) is 18.5 Å². The van der Waals surface area contributed by atoms with E-state index < -0.39 is 15.8 Å². The summed E-state index contributed by atoms with van der Waals surface area (Å²) in [5.41, 5.74) is 0.243. The van der Waals surface area contributed by atoms with Gasteiger partial charge in [0.25, 0.3) is 0 Å². The molecular formula is C15H21FN2O4S. The first-order valence-electron chi connectivity index (χ1n) is 7.46. The third-order valence-corrected chi connectivity index (χ3v) is 4.90.